The summed E-state index contributed by atoms with van der Waals surface area (Å²) in [6.45, 7) is 5.70. The maximum absolute atomic E-state index is 13.4. The first-order valence-electron chi connectivity index (χ1n) is 14.4. The molecule has 0 fully saturated rings. The Kier molecular flexibility index (Phi) is 11.1. The number of rotatable bonds is 13. The number of carbonyl (C=O) groups is 3. The Labute approximate surface area is 253 Å². The van der Waals surface area contributed by atoms with E-state index in [1.54, 1.807) is 13.8 Å². The third-order valence-electron chi connectivity index (χ3n) is 7.09. The molecule has 1 aliphatic carbocycles. The zero-order chi connectivity index (χ0) is 30.9. The molecule has 1 aromatic heterocycles. The van der Waals surface area contributed by atoms with Gasteiger partial charge in [-0.3, -0.25) is 9.59 Å². The van der Waals surface area contributed by atoms with Gasteiger partial charge in [-0.2, -0.15) is 0 Å². The number of benzene rings is 2. The van der Waals surface area contributed by atoms with E-state index in [2.05, 4.69) is 17.6 Å². The fourth-order valence-electron chi connectivity index (χ4n) is 4.74. The maximum Gasteiger partial charge on any atom is 0.347 e. The number of hydrogen-bond acceptors (Lipinski definition) is 7. The summed E-state index contributed by atoms with van der Waals surface area (Å²) in [5.41, 5.74) is 1.33. The summed E-state index contributed by atoms with van der Waals surface area (Å²) in [7, 11) is 0. The lowest BCUT2D eigenvalue weighted by atomic mass is 9.88. The molecule has 0 bridgehead atoms. The number of amides is 2. The molecule has 0 saturated carbocycles. The van der Waals surface area contributed by atoms with Crippen LogP contribution >= 0.6 is 11.3 Å². The molecule has 0 radical (unpaired) electrons. The lowest BCUT2D eigenvalue weighted by molar-refractivity contribution is -0.151. The predicted molar refractivity (Wildman–Crippen MR) is 160 cm³/mol. The minimum absolute atomic E-state index is 0.0528. The van der Waals surface area contributed by atoms with Gasteiger partial charge in [0.1, 0.15) is 34.7 Å². The Morgan fingerprint density at radius 3 is 2.09 bits per heavy atom. The Bertz CT molecular complexity index is 1410. The lowest BCUT2D eigenvalue weighted by Gasteiger charge is -2.19. The van der Waals surface area contributed by atoms with Gasteiger partial charge in [0.25, 0.3) is 11.8 Å². The van der Waals surface area contributed by atoms with Crippen LogP contribution in [0.25, 0.3) is 0 Å². The molecule has 3 unspecified atom stereocenters. The molecule has 2 amide bonds. The average molecular weight is 615 g/mol. The largest absolute Gasteiger partial charge is 0.481 e. The highest BCUT2D eigenvalue weighted by Crippen LogP contribution is 2.40. The van der Waals surface area contributed by atoms with E-state index in [1.165, 1.54) is 59.9 Å². The number of ether oxygens (including phenoxy) is 3. The fraction of sp³-hybridized carbons (Fsp3) is 0.406. The number of fused-ring (bicyclic) bond motifs is 1. The minimum atomic E-state index is -0.877. The topological polar surface area (TPSA) is 103 Å². The van der Waals surface area contributed by atoms with Crippen molar-refractivity contribution in [1.82, 2.24) is 5.32 Å². The van der Waals surface area contributed by atoms with Gasteiger partial charge in [0.2, 0.25) is 0 Å². The van der Waals surface area contributed by atoms with Crippen molar-refractivity contribution in [3.05, 3.63) is 76.2 Å². The first kappa shape index (κ1) is 31.9. The van der Waals surface area contributed by atoms with Crippen molar-refractivity contribution in [3.8, 4) is 11.5 Å². The molecule has 0 aliphatic heterocycles. The number of anilines is 1. The third-order valence-corrected chi connectivity index (χ3v) is 8.26. The Morgan fingerprint density at radius 2 is 1.51 bits per heavy atom. The molecule has 2 N–H and O–H groups in total. The summed E-state index contributed by atoms with van der Waals surface area (Å²) >= 11 is 1.39. The molecule has 3 aromatic rings. The zero-order valence-electron chi connectivity index (χ0n) is 24.4. The highest BCUT2D eigenvalue weighted by molar-refractivity contribution is 7.17. The molecule has 43 heavy (non-hydrogen) atoms. The van der Waals surface area contributed by atoms with Crippen LogP contribution in [-0.2, 0) is 27.2 Å². The van der Waals surface area contributed by atoms with Crippen molar-refractivity contribution in [3.63, 3.8) is 0 Å². The van der Waals surface area contributed by atoms with Gasteiger partial charge in [-0.15, -0.1) is 11.3 Å². The molecule has 4 rings (SSSR count). The Balaban J connectivity index is 1.38. The lowest BCUT2D eigenvalue weighted by Crippen LogP contribution is -2.34. The number of halogens is 2. The summed E-state index contributed by atoms with van der Waals surface area (Å²) in [5, 5.41) is 6.15. The highest BCUT2D eigenvalue weighted by atomic mass is 32.1. The van der Waals surface area contributed by atoms with Gasteiger partial charge in [-0.05, 0) is 92.1 Å². The van der Waals surface area contributed by atoms with Gasteiger partial charge >= 0.3 is 5.97 Å². The van der Waals surface area contributed by atoms with E-state index in [0.29, 0.717) is 47.2 Å². The Hall–Kier alpha value is -3.99. The van der Waals surface area contributed by atoms with Gasteiger partial charge in [0.15, 0.2) is 12.2 Å². The van der Waals surface area contributed by atoms with Crippen LogP contribution in [0.2, 0.25) is 0 Å². The van der Waals surface area contributed by atoms with Crippen molar-refractivity contribution in [2.75, 3.05) is 18.5 Å². The number of nitrogens with one attached hydrogen (secondary N) is 2. The van der Waals surface area contributed by atoms with Gasteiger partial charge < -0.3 is 24.8 Å². The van der Waals surface area contributed by atoms with Gasteiger partial charge in [-0.25, -0.2) is 13.6 Å². The smallest absolute Gasteiger partial charge is 0.347 e. The van der Waals surface area contributed by atoms with E-state index in [-0.39, 0.29) is 19.1 Å². The molecular weight excluding hydrogens is 578 g/mol. The summed E-state index contributed by atoms with van der Waals surface area (Å²) in [6, 6.07) is 10.8. The SMILES string of the molecule is CCC(Oc1ccc(F)cc1)C(=O)Nc1sc2c(c1C(=O)NCCOC(=O)C(CC)Oc1ccc(F)cc1)CCC(C)C2. The highest BCUT2D eigenvalue weighted by Gasteiger charge is 2.30. The number of hydrogen-bond donors (Lipinski definition) is 2. The quantitative estimate of drug-likeness (QED) is 0.179. The standard InChI is InChI=1S/C32H36F2N2O6S/c1-4-25(41-22-11-7-20(33)8-12-22)29(37)36-31-28(24-15-6-19(3)18-27(24)43-31)30(38)35-16-17-40-32(39)26(5-2)42-23-13-9-21(34)10-14-23/h7-14,19,25-26H,4-6,15-18H2,1-3H3,(H,35,38)(H,36,37). The van der Waals surface area contributed by atoms with Crippen LogP contribution in [0.5, 0.6) is 11.5 Å². The number of carbonyl (C=O) groups excluding carboxylic acids is 3. The van der Waals surface area contributed by atoms with Crippen LogP contribution in [0.1, 0.15) is 60.8 Å². The van der Waals surface area contributed by atoms with Crippen LogP contribution in [0.3, 0.4) is 0 Å². The minimum Gasteiger partial charge on any atom is -0.481 e. The zero-order valence-corrected chi connectivity index (χ0v) is 25.2. The van der Waals surface area contributed by atoms with E-state index >= 15 is 0 Å². The van der Waals surface area contributed by atoms with Crippen LogP contribution in [-0.4, -0.2) is 43.1 Å². The molecule has 8 nitrogen and oxygen atoms in total. The second-order valence-corrected chi connectivity index (χ2v) is 11.5. The third kappa shape index (κ3) is 8.53. The molecule has 3 atom stereocenters. The maximum atomic E-state index is 13.4. The number of thiophene rings is 1. The van der Waals surface area contributed by atoms with E-state index in [4.69, 9.17) is 14.2 Å². The molecule has 1 heterocycles. The summed E-state index contributed by atoms with van der Waals surface area (Å²) in [4.78, 5) is 40.2. The van der Waals surface area contributed by atoms with Crippen molar-refractivity contribution in [2.45, 2.75) is 65.1 Å². The van der Waals surface area contributed by atoms with Crippen LogP contribution < -0.4 is 20.1 Å². The van der Waals surface area contributed by atoms with Crippen molar-refractivity contribution < 1.29 is 37.4 Å². The molecule has 1 aliphatic rings. The van der Waals surface area contributed by atoms with Crippen molar-refractivity contribution in [2.24, 2.45) is 5.92 Å². The van der Waals surface area contributed by atoms with E-state index in [0.717, 1.165) is 23.3 Å². The predicted octanol–water partition coefficient (Wildman–Crippen LogP) is 6.08. The van der Waals surface area contributed by atoms with Crippen LogP contribution in [0, 0.1) is 17.6 Å². The number of esters is 1. The molecule has 0 spiro atoms. The Morgan fingerprint density at radius 1 is 0.930 bits per heavy atom. The fourth-order valence-corrected chi connectivity index (χ4v) is 6.16. The van der Waals surface area contributed by atoms with Crippen molar-refractivity contribution >= 4 is 34.1 Å². The van der Waals surface area contributed by atoms with Crippen LogP contribution in [0.4, 0.5) is 13.8 Å². The van der Waals surface area contributed by atoms with Gasteiger partial charge in [-0.1, -0.05) is 20.8 Å². The van der Waals surface area contributed by atoms with E-state index < -0.39 is 35.7 Å². The summed E-state index contributed by atoms with van der Waals surface area (Å²) in [5.74, 6) is -1.03. The molecule has 230 valence electrons. The second kappa shape index (κ2) is 15.0. The summed E-state index contributed by atoms with van der Waals surface area (Å²) < 4.78 is 43.2. The normalized spacial score (nSPS) is 15.5. The van der Waals surface area contributed by atoms with E-state index in [9.17, 15) is 23.2 Å². The first-order chi connectivity index (χ1) is 20.7. The monoisotopic (exact) mass is 614 g/mol. The van der Waals surface area contributed by atoms with Crippen LogP contribution in [0.15, 0.2) is 48.5 Å². The molecule has 2 aromatic carbocycles. The van der Waals surface area contributed by atoms with E-state index in [1.807, 2.05) is 0 Å². The molecule has 0 saturated heterocycles. The molecule has 11 heteroatoms. The summed E-state index contributed by atoms with van der Waals surface area (Å²) in [6.07, 6.45) is 1.43. The van der Waals surface area contributed by atoms with Gasteiger partial charge in [0.05, 0.1) is 12.1 Å². The second-order valence-electron chi connectivity index (χ2n) is 10.4. The first-order valence-corrected chi connectivity index (χ1v) is 15.2. The average Bonchev–Trinajstić information content (AvgIpc) is 3.35. The van der Waals surface area contributed by atoms with Crippen molar-refractivity contribution in [1.29, 1.82) is 0 Å². The molecular formula is C32H36F2N2O6S. The van der Waals surface area contributed by atoms with Gasteiger partial charge in [0, 0.05) is 4.88 Å².